The fraction of sp³-hybridized carbons (Fsp3) is 0.500. The maximum Gasteiger partial charge on any atom is 0.293 e. The van der Waals surface area contributed by atoms with Crippen molar-refractivity contribution in [2.45, 2.75) is 58.1 Å². The molecule has 140 valence electrons. The van der Waals surface area contributed by atoms with Crippen molar-refractivity contribution in [3.8, 4) is 11.3 Å². The summed E-state index contributed by atoms with van der Waals surface area (Å²) in [4.78, 5) is 15.0. The summed E-state index contributed by atoms with van der Waals surface area (Å²) < 4.78 is 5.44. The lowest BCUT2D eigenvalue weighted by Gasteiger charge is -2.33. The zero-order valence-corrected chi connectivity index (χ0v) is 16.0. The second kappa shape index (κ2) is 8.23. The minimum Gasteiger partial charge on any atom is -0.388 e. The molecule has 0 bridgehead atoms. The number of nitrogens with zero attached hydrogens (tertiary/aromatic N) is 2. The third kappa shape index (κ3) is 3.79. The maximum atomic E-state index is 13.2. The summed E-state index contributed by atoms with van der Waals surface area (Å²) in [5.41, 5.74) is 1.68. The van der Waals surface area contributed by atoms with Crippen LogP contribution in [-0.4, -0.2) is 33.7 Å². The Balaban J connectivity index is 1.96. The Labute approximate surface area is 158 Å². The Morgan fingerprint density at radius 2 is 1.96 bits per heavy atom. The standard InChI is InChI=1S/C20H25ClN2O3/c1-3-23(16-7-5-4-6-8-16)20(25)19-17(13(2)24)18(22-26-19)14-9-11-15(21)12-10-14/h9-13,16,24H,3-8H2,1-2H3/t13-/m0/s1. The summed E-state index contributed by atoms with van der Waals surface area (Å²) in [6.45, 7) is 4.21. The van der Waals surface area contributed by atoms with Gasteiger partial charge in [0, 0.05) is 23.2 Å². The Bertz CT molecular complexity index is 749. The number of aromatic nitrogens is 1. The van der Waals surface area contributed by atoms with Crippen LogP contribution in [0.2, 0.25) is 5.02 Å². The molecule has 1 amide bonds. The van der Waals surface area contributed by atoms with Gasteiger partial charge in [-0.3, -0.25) is 4.79 Å². The molecule has 1 saturated carbocycles. The van der Waals surface area contributed by atoms with Crippen molar-refractivity contribution in [1.82, 2.24) is 10.1 Å². The van der Waals surface area contributed by atoms with Crippen molar-refractivity contribution in [2.75, 3.05) is 6.54 Å². The summed E-state index contributed by atoms with van der Waals surface area (Å²) >= 11 is 5.95. The van der Waals surface area contributed by atoms with Crippen molar-refractivity contribution >= 4 is 17.5 Å². The summed E-state index contributed by atoms with van der Waals surface area (Å²) in [5.74, 6) is -0.0552. The SMILES string of the molecule is CCN(C(=O)c1onc(-c2ccc(Cl)cc2)c1[C@H](C)O)C1CCCCC1. The number of benzene rings is 1. The third-order valence-electron chi connectivity index (χ3n) is 5.07. The first-order valence-electron chi connectivity index (χ1n) is 9.27. The van der Waals surface area contributed by atoms with Gasteiger partial charge >= 0.3 is 0 Å². The number of aliphatic hydroxyl groups excluding tert-OH is 1. The van der Waals surface area contributed by atoms with E-state index in [0.717, 1.165) is 31.2 Å². The molecule has 1 atom stereocenters. The highest BCUT2D eigenvalue weighted by Gasteiger charge is 2.32. The van der Waals surface area contributed by atoms with Gasteiger partial charge in [0.15, 0.2) is 0 Å². The lowest BCUT2D eigenvalue weighted by Crippen LogP contribution is -2.41. The number of amides is 1. The minimum absolute atomic E-state index is 0.136. The predicted molar refractivity (Wildman–Crippen MR) is 101 cm³/mol. The van der Waals surface area contributed by atoms with Crippen LogP contribution in [0.4, 0.5) is 0 Å². The van der Waals surface area contributed by atoms with Gasteiger partial charge in [-0.25, -0.2) is 0 Å². The fourth-order valence-corrected chi connectivity index (χ4v) is 3.87. The number of carbonyl (C=O) groups excluding carboxylic acids is 1. The normalized spacial score (nSPS) is 16.5. The van der Waals surface area contributed by atoms with Crippen molar-refractivity contribution in [3.63, 3.8) is 0 Å². The molecule has 1 aliphatic rings. The van der Waals surface area contributed by atoms with Gasteiger partial charge in [0.1, 0.15) is 5.69 Å². The van der Waals surface area contributed by atoms with E-state index in [1.807, 2.05) is 11.8 Å². The van der Waals surface area contributed by atoms with E-state index in [1.165, 1.54) is 6.42 Å². The lowest BCUT2D eigenvalue weighted by molar-refractivity contribution is 0.0598. The second-order valence-corrected chi connectivity index (χ2v) is 7.28. The van der Waals surface area contributed by atoms with Gasteiger partial charge < -0.3 is 14.5 Å². The number of hydrogen-bond donors (Lipinski definition) is 1. The van der Waals surface area contributed by atoms with Gasteiger partial charge in [-0.15, -0.1) is 0 Å². The molecule has 1 fully saturated rings. The van der Waals surface area contributed by atoms with Crippen molar-refractivity contribution in [1.29, 1.82) is 0 Å². The van der Waals surface area contributed by atoms with Crippen LogP contribution in [0, 0.1) is 0 Å². The summed E-state index contributed by atoms with van der Waals surface area (Å²) in [6.07, 6.45) is 4.68. The zero-order chi connectivity index (χ0) is 18.7. The molecule has 0 saturated heterocycles. The largest absolute Gasteiger partial charge is 0.388 e. The van der Waals surface area contributed by atoms with E-state index in [-0.39, 0.29) is 17.7 Å². The zero-order valence-electron chi connectivity index (χ0n) is 15.2. The molecule has 1 N–H and O–H groups in total. The molecule has 0 radical (unpaired) electrons. The maximum absolute atomic E-state index is 13.2. The van der Waals surface area contributed by atoms with Gasteiger partial charge in [0.05, 0.1) is 11.7 Å². The molecule has 6 heteroatoms. The van der Waals surface area contributed by atoms with Crippen LogP contribution >= 0.6 is 11.6 Å². The van der Waals surface area contributed by atoms with Gasteiger partial charge in [-0.05, 0) is 38.8 Å². The molecule has 5 nitrogen and oxygen atoms in total. The first kappa shape index (κ1) is 18.9. The third-order valence-corrected chi connectivity index (χ3v) is 5.33. The molecule has 1 aromatic carbocycles. The van der Waals surface area contributed by atoms with Crippen LogP contribution in [0.15, 0.2) is 28.8 Å². The summed E-state index contributed by atoms with van der Waals surface area (Å²) in [5, 5.41) is 15.0. The molecule has 1 heterocycles. The Kier molecular flexibility index (Phi) is 5.99. The Hall–Kier alpha value is -1.85. The first-order chi connectivity index (χ1) is 12.5. The molecule has 0 spiro atoms. The molecule has 26 heavy (non-hydrogen) atoms. The van der Waals surface area contributed by atoms with Crippen molar-refractivity contribution in [3.05, 3.63) is 40.6 Å². The van der Waals surface area contributed by atoms with Gasteiger partial charge in [0.2, 0.25) is 5.76 Å². The number of halogens is 1. The average molecular weight is 377 g/mol. The number of aliphatic hydroxyl groups is 1. The van der Waals surface area contributed by atoms with Crippen LogP contribution in [0.5, 0.6) is 0 Å². The monoisotopic (exact) mass is 376 g/mol. The van der Waals surface area contributed by atoms with E-state index >= 15 is 0 Å². The highest BCUT2D eigenvalue weighted by atomic mass is 35.5. The van der Waals surface area contributed by atoms with E-state index < -0.39 is 6.10 Å². The summed E-state index contributed by atoms with van der Waals surface area (Å²) in [7, 11) is 0. The molecule has 3 rings (SSSR count). The van der Waals surface area contributed by atoms with Gasteiger partial charge in [-0.1, -0.05) is 48.2 Å². The average Bonchev–Trinajstić information content (AvgIpc) is 3.09. The lowest BCUT2D eigenvalue weighted by atomic mass is 9.93. The predicted octanol–water partition coefficient (Wildman–Crippen LogP) is 4.84. The molecular weight excluding hydrogens is 352 g/mol. The fourth-order valence-electron chi connectivity index (χ4n) is 3.75. The van der Waals surface area contributed by atoms with E-state index in [0.29, 0.717) is 22.8 Å². The number of carbonyl (C=O) groups is 1. The van der Waals surface area contributed by atoms with E-state index in [9.17, 15) is 9.90 Å². The molecule has 1 aromatic heterocycles. The second-order valence-electron chi connectivity index (χ2n) is 6.84. The molecule has 1 aliphatic carbocycles. The molecular formula is C20H25ClN2O3. The minimum atomic E-state index is -0.865. The highest BCUT2D eigenvalue weighted by molar-refractivity contribution is 6.30. The molecule has 2 aromatic rings. The van der Waals surface area contributed by atoms with Crippen LogP contribution < -0.4 is 0 Å². The smallest absolute Gasteiger partial charge is 0.293 e. The Morgan fingerprint density at radius 3 is 2.54 bits per heavy atom. The van der Waals surface area contributed by atoms with Crippen LogP contribution in [0.3, 0.4) is 0 Å². The molecule has 0 aliphatic heterocycles. The van der Waals surface area contributed by atoms with Crippen LogP contribution in [0.1, 0.15) is 68.2 Å². The molecule has 0 unspecified atom stereocenters. The summed E-state index contributed by atoms with van der Waals surface area (Å²) in [6, 6.07) is 7.34. The van der Waals surface area contributed by atoms with Crippen molar-refractivity contribution in [2.24, 2.45) is 0 Å². The van der Waals surface area contributed by atoms with E-state index in [4.69, 9.17) is 16.1 Å². The topological polar surface area (TPSA) is 66.6 Å². The van der Waals surface area contributed by atoms with Crippen LogP contribution in [0.25, 0.3) is 11.3 Å². The highest BCUT2D eigenvalue weighted by Crippen LogP contribution is 2.33. The van der Waals surface area contributed by atoms with Crippen LogP contribution in [-0.2, 0) is 0 Å². The van der Waals surface area contributed by atoms with Crippen molar-refractivity contribution < 1.29 is 14.4 Å². The first-order valence-corrected chi connectivity index (χ1v) is 9.65. The van der Waals surface area contributed by atoms with E-state index in [2.05, 4.69) is 5.16 Å². The quantitative estimate of drug-likeness (QED) is 0.810. The Morgan fingerprint density at radius 1 is 1.31 bits per heavy atom. The van der Waals surface area contributed by atoms with Gasteiger partial charge in [0.25, 0.3) is 5.91 Å². The number of rotatable bonds is 5. The van der Waals surface area contributed by atoms with E-state index in [1.54, 1.807) is 31.2 Å². The van der Waals surface area contributed by atoms with Gasteiger partial charge in [-0.2, -0.15) is 0 Å². The number of hydrogen-bond acceptors (Lipinski definition) is 4.